The average Bonchev–Trinajstić information content (AvgIpc) is 2.74. The Balaban J connectivity index is 1.71. The van der Waals surface area contributed by atoms with Crippen LogP contribution in [0.4, 0.5) is 11.5 Å². The Morgan fingerprint density at radius 3 is 2.83 bits per heavy atom. The van der Waals surface area contributed by atoms with Crippen molar-refractivity contribution in [3.63, 3.8) is 0 Å². The molecule has 1 unspecified atom stereocenters. The Kier molecular flexibility index (Phi) is 5.46. The third-order valence-corrected chi connectivity index (χ3v) is 5.15. The van der Waals surface area contributed by atoms with E-state index in [0.717, 1.165) is 48.0 Å². The average molecular weight is 388 g/mol. The molecule has 1 amide bonds. The second-order valence-corrected chi connectivity index (χ2v) is 7.43. The monoisotopic (exact) mass is 388 g/mol. The van der Waals surface area contributed by atoms with E-state index < -0.39 is 0 Å². The van der Waals surface area contributed by atoms with E-state index in [0.29, 0.717) is 6.54 Å². The standard InChI is InChI=1S/C22H24N6O/c1-15-5-3-7-19(11-15)25-21-12-20(17-8-9-23-24-13-17)26-22(27-21)18-6-4-10-28(14-18)16(2)29/h3,5,7-9,11-13,18H,4,6,10,14H2,1-2H3,(H,25,26,27). The van der Waals surface area contributed by atoms with Gasteiger partial charge in [0.05, 0.1) is 18.1 Å². The molecule has 4 rings (SSSR count). The van der Waals surface area contributed by atoms with Crippen LogP contribution in [0.15, 0.2) is 48.8 Å². The number of benzene rings is 1. The highest BCUT2D eigenvalue weighted by molar-refractivity contribution is 5.73. The molecule has 3 heterocycles. The molecule has 1 aliphatic heterocycles. The lowest BCUT2D eigenvalue weighted by atomic mass is 9.97. The number of carbonyl (C=O) groups excluding carboxylic acids is 1. The van der Waals surface area contributed by atoms with Crippen molar-refractivity contribution < 1.29 is 4.79 Å². The number of aryl methyl sites for hydroxylation is 1. The molecule has 1 N–H and O–H groups in total. The van der Waals surface area contributed by atoms with Crippen LogP contribution in [0.1, 0.15) is 37.1 Å². The van der Waals surface area contributed by atoms with Gasteiger partial charge in [0.25, 0.3) is 0 Å². The van der Waals surface area contributed by atoms with Crippen LogP contribution in [-0.2, 0) is 4.79 Å². The summed E-state index contributed by atoms with van der Waals surface area (Å²) in [7, 11) is 0. The van der Waals surface area contributed by atoms with E-state index in [2.05, 4.69) is 34.6 Å². The molecule has 148 valence electrons. The number of piperidine rings is 1. The topological polar surface area (TPSA) is 83.9 Å². The summed E-state index contributed by atoms with van der Waals surface area (Å²) in [4.78, 5) is 23.4. The molecule has 3 aromatic rings. The Morgan fingerprint density at radius 1 is 1.17 bits per heavy atom. The molecule has 0 radical (unpaired) electrons. The van der Waals surface area contributed by atoms with E-state index in [-0.39, 0.29) is 11.8 Å². The van der Waals surface area contributed by atoms with E-state index in [1.54, 1.807) is 19.3 Å². The summed E-state index contributed by atoms with van der Waals surface area (Å²) in [6, 6.07) is 12.0. The normalized spacial score (nSPS) is 16.5. The number of hydrogen-bond donors (Lipinski definition) is 1. The lowest BCUT2D eigenvalue weighted by Gasteiger charge is -2.31. The maximum atomic E-state index is 11.9. The molecular formula is C22H24N6O. The molecule has 1 fully saturated rings. The molecular weight excluding hydrogens is 364 g/mol. The Morgan fingerprint density at radius 2 is 2.07 bits per heavy atom. The minimum atomic E-state index is 0.0993. The lowest BCUT2D eigenvalue weighted by molar-refractivity contribution is -0.130. The molecule has 1 aliphatic rings. The van der Waals surface area contributed by atoms with Crippen molar-refractivity contribution >= 4 is 17.4 Å². The van der Waals surface area contributed by atoms with Crippen LogP contribution in [0.2, 0.25) is 0 Å². The summed E-state index contributed by atoms with van der Waals surface area (Å²) in [5.74, 6) is 1.69. The number of aromatic nitrogens is 4. The van der Waals surface area contributed by atoms with Gasteiger partial charge in [-0.25, -0.2) is 9.97 Å². The van der Waals surface area contributed by atoms with E-state index in [1.807, 2.05) is 29.2 Å². The van der Waals surface area contributed by atoms with Crippen LogP contribution >= 0.6 is 0 Å². The minimum absolute atomic E-state index is 0.0993. The summed E-state index contributed by atoms with van der Waals surface area (Å²) in [5, 5.41) is 11.2. The van der Waals surface area contributed by atoms with Gasteiger partial charge in [0.1, 0.15) is 11.6 Å². The second-order valence-electron chi connectivity index (χ2n) is 7.43. The maximum absolute atomic E-state index is 11.9. The fourth-order valence-corrected chi connectivity index (χ4v) is 3.65. The summed E-state index contributed by atoms with van der Waals surface area (Å²) < 4.78 is 0. The van der Waals surface area contributed by atoms with Gasteiger partial charge in [0, 0.05) is 43.2 Å². The number of amides is 1. The zero-order chi connectivity index (χ0) is 20.2. The van der Waals surface area contributed by atoms with Crippen molar-refractivity contribution in [1.82, 2.24) is 25.1 Å². The molecule has 29 heavy (non-hydrogen) atoms. The van der Waals surface area contributed by atoms with Gasteiger partial charge in [0.15, 0.2) is 0 Å². The maximum Gasteiger partial charge on any atom is 0.219 e. The predicted octanol–water partition coefficient (Wildman–Crippen LogP) is 3.71. The third kappa shape index (κ3) is 4.56. The highest BCUT2D eigenvalue weighted by Crippen LogP contribution is 2.29. The zero-order valence-electron chi connectivity index (χ0n) is 16.7. The number of hydrogen-bond acceptors (Lipinski definition) is 6. The molecule has 2 aromatic heterocycles. The highest BCUT2D eigenvalue weighted by atomic mass is 16.2. The fourth-order valence-electron chi connectivity index (χ4n) is 3.65. The molecule has 1 atom stereocenters. The Labute approximate surface area is 170 Å². The summed E-state index contributed by atoms with van der Waals surface area (Å²) >= 11 is 0. The predicted molar refractivity (Wildman–Crippen MR) is 112 cm³/mol. The lowest BCUT2D eigenvalue weighted by Crippen LogP contribution is -2.38. The number of carbonyl (C=O) groups is 1. The largest absolute Gasteiger partial charge is 0.342 e. The molecule has 0 aliphatic carbocycles. The third-order valence-electron chi connectivity index (χ3n) is 5.15. The SMILES string of the molecule is CC(=O)N1CCCC(c2nc(Nc3cccc(C)c3)cc(-c3ccnnc3)n2)C1. The zero-order valence-corrected chi connectivity index (χ0v) is 16.7. The van der Waals surface area contributed by atoms with Gasteiger partial charge in [0.2, 0.25) is 5.91 Å². The molecule has 1 aromatic carbocycles. The van der Waals surface area contributed by atoms with Gasteiger partial charge < -0.3 is 10.2 Å². The number of nitrogens with one attached hydrogen (secondary N) is 1. The van der Waals surface area contributed by atoms with Gasteiger partial charge in [-0.15, -0.1) is 0 Å². The quantitative estimate of drug-likeness (QED) is 0.733. The van der Waals surface area contributed by atoms with Crippen LogP contribution in [0, 0.1) is 6.92 Å². The van der Waals surface area contributed by atoms with Crippen molar-refractivity contribution in [3.05, 3.63) is 60.2 Å². The Hall–Kier alpha value is -3.35. The van der Waals surface area contributed by atoms with Crippen molar-refractivity contribution in [2.45, 2.75) is 32.6 Å². The van der Waals surface area contributed by atoms with Crippen molar-refractivity contribution in [2.75, 3.05) is 18.4 Å². The van der Waals surface area contributed by atoms with Crippen LogP contribution in [0.5, 0.6) is 0 Å². The van der Waals surface area contributed by atoms with E-state index in [1.165, 1.54) is 5.56 Å². The highest BCUT2D eigenvalue weighted by Gasteiger charge is 2.25. The van der Waals surface area contributed by atoms with E-state index >= 15 is 0 Å². The minimum Gasteiger partial charge on any atom is -0.342 e. The van der Waals surface area contributed by atoms with Crippen molar-refractivity contribution in [2.24, 2.45) is 0 Å². The number of likely N-dealkylation sites (tertiary alicyclic amines) is 1. The van der Waals surface area contributed by atoms with Gasteiger partial charge >= 0.3 is 0 Å². The number of nitrogens with zero attached hydrogens (tertiary/aromatic N) is 5. The molecule has 0 saturated carbocycles. The molecule has 1 saturated heterocycles. The van der Waals surface area contributed by atoms with Crippen LogP contribution in [0.25, 0.3) is 11.3 Å². The molecule has 7 nitrogen and oxygen atoms in total. The molecule has 7 heteroatoms. The first-order chi connectivity index (χ1) is 14.1. The first-order valence-electron chi connectivity index (χ1n) is 9.84. The van der Waals surface area contributed by atoms with Gasteiger partial charge in [-0.2, -0.15) is 10.2 Å². The number of rotatable bonds is 4. The fraction of sp³-hybridized carbons (Fsp3) is 0.318. The Bertz CT molecular complexity index is 1010. The second kappa shape index (κ2) is 8.34. The summed E-state index contributed by atoms with van der Waals surface area (Å²) in [6.45, 7) is 5.13. The van der Waals surface area contributed by atoms with Crippen LogP contribution in [-0.4, -0.2) is 44.1 Å². The molecule has 0 bridgehead atoms. The van der Waals surface area contributed by atoms with Crippen LogP contribution in [0.3, 0.4) is 0 Å². The van der Waals surface area contributed by atoms with Gasteiger partial charge in [-0.3, -0.25) is 4.79 Å². The van der Waals surface area contributed by atoms with Gasteiger partial charge in [-0.05, 0) is 43.5 Å². The summed E-state index contributed by atoms with van der Waals surface area (Å²) in [6.07, 6.45) is 5.27. The summed E-state index contributed by atoms with van der Waals surface area (Å²) in [5.41, 5.74) is 3.82. The van der Waals surface area contributed by atoms with Crippen molar-refractivity contribution in [1.29, 1.82) is 0 Å². The molecule has 0 spiro atoms. The van der Waals surface area contributed by atoms with Crippen molar-refractivity contribution in [3.8, 4) is 11.3 Å². The van der Waals surface area contributed by atoms with Crippen LogP contribution < -0.4 is 5.32 Å². The number of anilines is 2. The first-order valence-corrected chi connectivity index (χ1v) is 9.84. The smallest absolute Gasteiger partial charge is 0.219 e. The van der Waals surface area contributed by atoms with E-state index in [9.17, 15) is 4.79 Å². The van der Waals surface area contributed by atoms with Gasteiger partial charge in [-0.1, -0.05) is 12.1 Å². The van der Waals surface area contributed by atoms with E-state index in [4.69, 9.17) is 9.97 Å². The first kappa shape index (κ1) is 19.0.